The first-order chi connectivity index (χ1) is 14.0. The molecule has 0 atom stereocenters. The molecule has 8 heteroatoms. The summed E-state index contributed by atoms with van der Waals surface area (Å²) in [7, 11) is 3.49. The molecule has 4 rings (SSSR count). The van der Waals surface area contributed by atoms with Gasteiger partial charge in [0.25, 0.3) is 0 Å². The molecule has 0 unspecified atom stereocenters. The second-order valence-electron chi connectivity index (χ2n) is 6.37. The van der Waals surface area contributed by atoms with Crippen LogP contribution in [0.2, 0.25) is 5.02 Å². The van der Waals surface area contributed by atoms with Crippen LogP contribution in [-0.2, 0) is 0 Å². The number of halogens is 1. The highest BCUT2D eigenvalue weighted by atomic mass is 35.5. The van der Waals surface area contributed by atoms with Gasteiger partial charge in [-0.15, -0.1) is 0 Å². The van der Waals surface area contributed by atoms with Gasteiger partial charge in [-0.3, -0.25) is 0 Å². The van der Waals surface area contributed by atoms with Gasteiger partial charge >= 0.3 is 5.97 Å². The third kappa shape index (κ3) is 3.60. The van der Waals surface area contributed by atoms with Crippen LogP contribution < -0.4 is 9.64 Å². The lowest BCUT2D eigenvalue weighted by Crippen LogP contribution is -2.15. The summed E-state index contributed by atoms with van der Waals surface area (Å²) in [5, 5.41) is 14.2. The average Bonchev–Trinajstić information content (AvgIpc) is 3.18. The van der Waals surface area contributed by atoms with Gasteiger partial charge < -0.3 is 14.7 Å². The maximum atomic E-state index is 11.4. The highest BCUT2D eigenvalue weighted by Crippen LogP contribution is 2.30. The number of hydrogen-bond donors (Lipinski definition) is 1. The molecule has 2 aromatic carbocycles. The fourth-order valence-electron chi connectivity index (χ4n) is 3.01. The monoisotopic (exact) mass is 408 g/mol. The van der Waals surface area contributed by atoms with Gasteiger partial charge in [-0.1, -0.05) is 23.7 Å². The predicted molar refractivity (Wildman–Crippen MR) is 111 cm³/mol. The number of methoxy groups -OCH3 is 1. The number of carboxylic acid groups (broad SMARTS) is 1. The Bertz CT molecular complexity index is 1190. The smallest absolute Gasteiger partial charge is 0.356 e. The first kappa shape index (κ1) is 18.8. The van der Waals surface area contributed by atoms with Crippen molar-refractivity contribution in [1.82, 2.24) is 14.6 Å². The molecule has 1 N–H and O–H groups in total. The number of carboxylic acids is 1. The van der Waals surface area contributed by atoms with Crippen LogP contribution in [0.3, 0.4) is 0 Å². The molecule has 0 aliphatic rings. The van der Waals surface area contributed by atoms with Crippen LogP contribution in [0.1, 0.15) is 10.5 Å². The Morgan fingerprint density at radius 1 is 1.10 bits per heavy atom. The van der Waals surface area contributed by atoms with Gasteiger partial charge in [0, 0.05) is 35.5 Å². The number of aromatic nitrogens is 3. The van der Waals surface area contributed by atoms with Crippen LogP contribution in [0.15, 0.2) is 60.7 Å². The standard InChI is InChI=1S/C21H17ClN4O3/c1-25(15-7-9-16(29-2)10-8-15)20-12-17(13-3-5-14(22)6-4-13)23-19-11-18(21(27)28)24-26(19)20/h3-12H,1-2H3,(H,27,28). The minimum absolute atomic E-state index is 0.0739. The van der Waals surface area contributed by atoms with Crippen molar-refractivity contribution in [3.05, 3.63) is 71.4 Å². The minimum atomic E-state index is -1.11. The van der Waals surface area contributed by atoms with E-state index in [-0.39, 0.29) is 5.69 Å². The van der Waals surface area contributed by atoms with Gasteiger partial charge in [0.2, 0.25) is 0 Å². The molecular formula is C21H17ClN4O3. The van der Waals surface area contributed by atoms with Crippen LogP contribution in [0.5, 0.6) is 5.75 Å². The second-order valence-corrected chi connectivity index (χ2v) is 6.80. The average molecular weight is 409 g/mol. The summed E-state index contributed by atoms with van der Waals surface area (Å²) >= 11 is 6.00. The summed E-state index contributed by atoms with van der Waals surface area (Å²) in [6.45, 7) is 0. The molecule has 0 saturated heterocycles. The molecule has 0 amide bonds. The van der Waals surface area contributed by atoms with Crippen molar-refractivity contribution >= 4 is 34.7 Å². The summed E-state index contributed by atoms with van der Waals surface area (Å²) in [6, 6.07) is 18.2. The quantitative estimate of drug-likeness (QED) is 0.522. The van der Waals surface area contributed by atoms with E-state index in [2.05, 4.69) is 10.1 Å². The molecule has 2 heterocycles. The number of nitrogens with zero attached hydrogens (tertiary/aromatic N) is 4. The summed E-state index contributed by atoms with van der Waals surface area (Å²) in [4.78, 5) is 17.9. The third-order valence-electron chi connectivity index (χ3n) is 4.57. The summed E-state index contributed by atoms with van der Waals surface area (Å²) in [5.41, 5.74) is 2.79. The van der Waals surface area contributed by atoms with Crippen LogP contribution in [0.4, 0.5) is 11.5 Å². The lowest BCUT2D eigenvalue weighted by molar-refractivity contribution is 0.0690. The van der Waals surface area contributed by atoms with Crippen LogP contribution in [0.25, 0.3) is 16.9 Å². The van der Waals surface area contributed by atoms with Crippen molar-refractivity contribution in [2.45, 2.75) is 0 Å². The molecule has 29 heavy (non-hydrogen) atoms. The first-order valence-corrected chi connectivity index (χ1v) is 9.12. The van der Waals surface area contributed by atoms with E-state index in [0.717, 1.165) is 17.0 Å². The number of rotatable bonds is 5. The Morgan fingerprint density at radius 3 is 2.41 bits per heavy atom. The summed E-state index contributed by atoms with van der Waals surface area (Å²) in [5.74, 6) is 0.301. The predicted octanol–water partition coefficient (Wildman–Crippen LogP) is 4.52. The third-order valence-corrected chi connectivity index (χ3v) is 4.82. The number of hydrogen-bond acceptors (Lipinski definition) is 5. The highest BCUT2D eigenvalue weighted by Gasteiger charge is 2.17. The van der Waals surface area contributed by atoms with Crippen molar-refractivity contribution in [1.29, 1.82) is 0 Å². The van der Waals surface area contributed by atoms with E-state index >= 15 is 0 Å². The van der Waals surface area contributed by atoms with E-state index in [0.29, 0.717) is 22.2 Å². The van der Waals surface area contributed by atoms with Gasteiger partial charge in [-0.25, -0.2) is 9.78 Å². The Kier molecular flexibility index (Phi) is 4.82. The number of ether oxygens (including phenoxy) is 1. The van der Waals surface area contributed by atoms with Gasteiger partial charge in [-0.2, -0.15) is 9.61 Å². The molecule has 0 radical (unpaired) electrons. The molecule has 4 aromatic rings. The Morgan fingerprint density at radius 2 is 1.79 bits per heavy atom. The molecule has 0 bridgehead atoms. The normalized spacial score (nSPS) is 10.9. The van der Waals surface area contributed by atoms with Crippen LogP contribution in [-0.4, -0.2) is 39.8 Å². The SMILES string of the molecule is COc1ccc(N(C)c2cc(-c3ccc(Cl)cc3)nc3cc(C(=O)O)nn23)cc1. The van der Waals surface area contributed by atoms with Crippen LogP contribution in [0, 0.1) is 0 Å². The number of carbonyl (C=O) groups is 1. The second kappa shape index (κ2) is 7.44. The molecule has 0 aliphatic heterocycles. The number of anilines is 2. The molecule has 0 spiro atoms. The van der Waals surface area contributed by atoms with Crippen molar-refractivity contribution in [2.24, 2.45) is 0 Å². The molecule has 7 nitrogen and oxygen atoms in total. The minimum Gasteiger partial charge on any atom is -0.497 e. The Hall–Kier alpha value is -3.58. The molecule has 0 aliphatic carbocycles. The van der Waals surface area contributed by atoms with Gasteiger partial charge in [-0.05, 0) is 36.4 Å². The fourth-order valence-corrected chi connectivity index (χ4v) is 3.13. The van der Waals surface area contributed by atoms with Gasteiger partial charge in [0.05, 0.1) is 12.8 Å². The van der Waals surface area contributed by atoms with E-state index in [1.54, 1.807) is 19.2 Å². The zero-order valence-corrected chi connectivity index (χ0v) is 16.5. The summed E-state index contributed by atoms with van der Waals surface area (Å²) in [6.07, 6.45) is 0. The number of aromatic carboxylic acids is 1. The van der Waals surface area contributed by atoms with Crippen molar-refractivity contribution in [2.75, 3.05) is 19.1 Å². The molecule has 146 valence electrons. The van der Waals surface area contributed by atoms with E-state index in [1.165, 1.54) is 10.6 Å². The largest absolute Gasteiger partial charge is 0.497 e. The van der Waals surface area contributed by atoms with Gasteiger partial charge in [0.15, 0.2) is 11.3 Å². The van der Waals surface area contributed by atoms with Crippen molar-refractivity contribution < 1.29 is 14.6 Å². The Labute approximate surface area is 171 Å². The molecule has 0 fully saturated rings. The molecule has 2 aromatic heterocycles. The van der Waals surface area contributed by atoms with Crippen LogP contribution >= 0.6 is 11.6 Å². The first-order valence-electron chi connectivity index (χ1n) is 8.74. The van der Waals surface area contributed by atoms with Crippen molar-refractivity contribution in [3.63, 3.8) is 0 Å². The van der Waals surface area contributed by atoms with E-state index in [9.17, 15) is 9.90 Å². The zero-order valence-electron chi connectivity index (χ0n) is 15.7. The van der Waals surface area contributed by atoms with E-state index in [4.69, 9.17) is 16.3 Å². The molecular weight excluding hydrogens is 392 g/mol. The van der Waals surface area contributed by atoms with E-state index in [1.807, 2.05) is 54.4 Å². The number of fused-ring (bicyclic) bond motifs is 1. The Balaban J connectivity index is 1.89. The highest BCUT2D eigenvalue weighted by molar-refractivity contribution is 6.30. The molecule has 0 saturated carbocycles. The topological polar surface area (TPSA) is 80.0 Å². The zero-order chi connectivity index (χ0) is 20.5. The fraction of sp³-hybridized carbons (Fsp3) is 0.0952. The maximum Gasteiger partial charge on any atom is 0.356 e. The lowest BCUT2D eigenvalue weighted by Gasteiger charge is -2.21. The lowest BCUT2D eigenvalue weighted by atomic mass is 10.1. The van der Waals surface area contributed by atoms with E-state index < -0.39 is 5.97 Å². The maximum absolute atomic E-state index is 11.4. The van der Waals surface area contributed by atoms with Crippen molar-refractivity contribution in [3.8, 4) is 17.0 Å². The number of benzene rings is 2. The van der Waals surface area contributed by atoms with Gasteiger partial charge in [0.1, 0.15) is 11.6 Å². The summed E-state index contributed by atoms with van der Waals surface area (Å²) < 4.78 is 6.74.